The smallest absolute Gasteiger partial charge is 0.410 e. The van der Waals surface area contributed by atoms with Crippen LogP contribution in [0.25, 0.3) is 0 Å². The van der Waals surface area contributed by atoms with Gasteiger partial charge in [0.25, 0.3) is 5.91 Å². The molecule has 4 radical (unpaired) electrons. The molecule has 1 aliphatic rings. The molecule has 4 rings (SSSR count). The average molecular weight is 712 g/mol. The van der Waals surface area contributed by atoms with Gasteiger partial charge >= 0.3 is 12.2 Å². The van der Waals surface area contributed by atoms with Crippen LogP contribution in [0, 0.1) is 0 Å². The minimum atomic E-state index is -5.17. The lowest BCUT2D eigenvalue weighted by atomic mass is 9.64. The molecule has 10 N–H and O–H groups in total. The minimum Gasteiger partial charge on any atom is -0.468 e. The average Bonchev–Trinajstić information content (AvgIpc) is 3.81. The number of hydrogen-bond acceptors (Lipinski definition) is 10. The van der Waals surface area contributed by atoms with Crippen LogP contribution in [0.2, 0.25) is 5.02 Å². The first kappa shape index (κ1) is 37.6. The Morgan fingerprint density at radius 1 is 0.980 bits per heavy atom. The van der Waals surface area contributed by atoms with Crippen molar-refractivity contribution in [2.75, 3.05) is 23.7 Å². The Kier molecular flexibility index (Phi) is 11.7. The SMILES string of the molecule is [B]C([B])(Oc1nc(Nc2ccc(C(=O)N[C@@H](CCCN=C(N)N)C(=O)NCC(N)=O)cc2)nc(NC2(c3ccc(Cl)cc3)CC2)n1)C(F)(F)F. The number of hydrogen-bond donors (Lipinski definition) is 7. The van der Waals surface area contributed by atoms with Gasteiger partial charge in [0.2, 0.25) is 23.7 Å². The topological polar surface area (TPSA) is 238 Å². The van der Waals surface area contributed by atoms with Crippen LogP contribution in [0.15, 0.2) is 53.5 Å². The summed E-state index contributed by atoms with van der Waals surface area (Å²) < 4.78 is 45.1. The van der Waals surface area contributed by atoms with Crippen molar-refractivity contribution in [2.45, 2.75) is 48.8 Å². The molecule has 0 aliphatic heterocycles. The van der Waals surface area contributed by atoms with Crippen molar-refractivity contribution in [3.63, 3.8) is 0 Å². The highest BCUT2D eigenvalue weighted by molar-refractivity contribution is 6.40. The first-order valence-electron chi connectivity index (χ1n) is 14.9. The summed E-state index contributed by atoms with van der Waals surface area (Å²) in [5, 5.41) is 7.79. The number of ether oxygens (including phenoxy) is 1. The highest BCUT2D eigenvalue weighted by Gasteiger charge is 2.49. The van der Waals surface area contributed by atoms with Gasteiger partial charge in [0.15, 0.2) is 5.96 Å². The lowest BCUT2D eigenvalue weighted by molar-refractivity contribution is -0.187. The number of anilines is 3. The van der Waals surface area contributed by atoms with Gasteiger partial charge in [-0.1, -0.05) is 23.7 Å². The lowest BCUT2D eigenvalue weighted by Crippen LogP contribution is -2.52. The Labute approximate surface area is 291 Å². The molecule has 50 heavy (non-hydrogen) atoms. The molecule has 15 nitrogen and oxygen atoms in total. The highest BCUT2D eigenvalue weighted by Crippen LogP contribution is 2.48. The number of carbonyl (C=O) groups is 3. The van der Waals surface area contributed by atoms with Crippen LogP contribution in [0.3, 0.4) is 0 Å². The van der Waals surface area contributed by atoms with E-state index < -0.39 is 53.4 Å². The zero-order chi connectivity index (χ0) is 36.7. The summed E-state index contributed by atoms with van der Waals surface area (Å²) in [6.07, 6.45) is -3.40. The fraction of sp³-hybridized carbons (Fsp3) is 0.345. The second-order valence-corrected chi connectivity index (χ2v) is 11.7. The van der Waals surface area contributed by atoms with E-state index >= 15 is 0 Å². The van der Waals surface area contributed by atoms with Crippen molar-refractivity contribution >= 4 is 68.6 Å². The standard InChI is InChI=1S/C29H31B2ClF3N11O4/c30-28(31,29(33,34)35)50-26-44-24(43-25(45-26)46-27(11-12-27)16-5-7-17(32)8-6-16)41-18-9-3-15(4-10-18)21(48)42-19(2-1-13-39-23(37)38)22(49)40-14-20(36)47/h3-10,19H,1-2,11-14H2,(H2,36,47)(H,40,49)(H,42,48)(H4,37,38,39)(H2,41,43,44,45,46)/t19-/m0/s1. The first-order valence-corrected chi connectivity index (χ1v) is 15.3. The maximum Gasteiger partial charge on any atom is 0.410 e. The van der Waals surface area contributed by atoms with Crippen molar-refractivity contribution in [3.8, 4) is 6.01 Å². The molecule has 1 heterocycles. The number of aromatic nitrogens is 3. The number of benzene rings is 2. The molecule has 1 atom stereocenters. The quantitative estimate of drug-likeness (QED) is 0.0480. The summed E-state index contributed by atoms with van der Waals surface area (Å²) >= 11 is 6.02. The predicted molar refractivity (Wildman–Crippen MR) is 180 cm³/mol. The number of nitrogens with one attached hydrogen (secondary N) is 4. The molecule has 260 valence electrons. The number of rotatable bonds is 16. The summed E-state index contributed by atoms with van der Waals surface area (Å²) in [7, 11) is 10.4. The molecule has 3 aromatic rings. The highest BCUT2D eigenvalue weighted by atomic mass is 35.5. The summed E-state index contributed by atoms with van der Waals surface area (Å²) in [5.41, 5.74) is 16.4. The van der Waals surface area contributed by atoms with Crippen molar-refractivity contribution < 1.29 is 32.3 Å². The van der Waals surface area contributed by atoms with Gasteiger partial charge in [0.1, 0.15) is 27.1 Å². The number of amides is 3. The van der Waals surface area contributed by atoms with E-state index in [9.17, 15) is 27.6 Å². The Hall–Kier alpha value is -5.26. The van der Waals surface area contributed by atoms with Crippen LogP contribution in [0.1, 0.15) is 41.6 Å². The Morgan fingerprint density at radius 3 is 2.20 bits per heavy atom. The van der Waals surface area contributed by atoms with Crippen LogP contribution in [0.5, 0.6) is 6.01 Å². The van der Waals surface area contributed by atoms with Gasteiger partial charge in [-0.05, 0) is 67.6 Å². The third-order valence-electron chi connectivity index (χ3n) is 7.22. The predicted octanol–water partition coefficient (Wildman–Crippen LogP) is 1.06. The first-order chi connectivity index (χ1) is 23.5. The van der Waals surface area contributed by atoms with Gasteiger partial charge in [-0.3, -0.25) is 19.4 Å². The molecule has 2 aromatic carbocycles. The summed E-state index contributed by atoms with van der Waals surface area (Å²) in [4.78, 5) is 52.8. The number of halogens is 4. The number of nitrogens with two attached hydrogens (primary N) is 3. The van der Waals surface area contributed by atoms with Gasteiger partial charge < -0.3 is 43.2 Å². The monoisotopic (exact) mass is 711 g/mol. The number of primary amides is 1. The molecule has 21 heteroatoms. The van der Waals surface area contributed by atoms with E-state index in [0.717, 1.165) is 5.56 Å². The molecule has 0 saturated heterocycles. The van der Waals surface area contributed by atoms with Gasteiger partial charge in [0, 0.05) is 22.8 Å². The zero-order valence-electron chi connectivity index (χ0n) is 26.3. The van der Waals surface area contributed by atoms with E-state index in [1.807, 2.05) is 0 Å². The third-order valence-corrected chi connectivity index (χ3v) is 7.48. The molecule has 1 saturated carbocycles. The lowest BCUT2D eigenvalue weighted by Gasteiger charge is -2.29. The van der Waals surface area contributed by atoms with Gasteiger partial charge in [-0.25, -0.2) is 0 Å². The molecule has 0 spiro atoms. The molecule has 1 fully saturated rings. The second-order valence-electron chi connectivity index (χ2n) is 11.2. The number of nitrogens with zero attached hydrogens (tertiary/aromatic N) is 4. The van der Waals surface area contributed by atoms with Crippen LogP contribution in [-0.2, 0) is 15.1 Å². The summed E-state index contributed by atoms with van der Waals surface area (Å²) in [5.74, 6) is -2.57. The van der Waals surface area contributed by atoms with Crippen molar-refractivity contribution in [3.05, 3.63) is 64.7 Å². The second kappa shape index (κ2) is 15.5. The molecule has 1 aromatic heterocycles. The molecule has 1 aliphatic carbocycles. The van der Waals surface area contributed by atoms with Crippen molar-refractivity contribution in [2.24, 2.45) is 22.2 Å². The number of alkyl halides is 3. The van der Waals surface area contributed by atoms with E-state index in [1.54, 1.807) is 24.3 Å². The number of guanidine groups is 1. The van der Waals surface area contributed by atoms with E-state index in [1.165, 1.54) is 24.3 Å². The number of aliphatic imine (C=N–C) groups is 1. The van der Waals surface area contributed by atoms with E-state index in [0.29, 0.717) is 30.0 Å². The normalized spacial score (nSPS) is 14.1. The van der Waals surface area contributed by atoms with E-state index in [4.69, 9.17) is 49.2 Å². The maximum atomic E-state index is 13.4. The van der Waals surface area contributed by atoms with E-state index in [-0.39, 0.29) is 36.4 Å². The Balaban J connectivity index is 1.52. The number of carbonyl (C=O) groups excluding carboxylic acids is 3. The molecular weight excluding hydrogens is 680 g/mol. The molecule has 3 amide bonds. The Bertz CT molecular complexity index is 1720. The van der Waals surface area contributed by atoms with Crippen molar-refractivity contribution in [1.29, 1.82) is 0 Å². The molecule has 0 unspecified atom stereocenters. The summed E-state index contributed by atoms with van der Waals surface area (Å²) in [6, 6.07) is 10.8. The molecular formula is C29H31B2ClF3N11O4. The van der Waals surface area contributed by atoms with Gasteiger partial charge in [-0.15, -0.1) is 0 Å². The fourth-order valence-corrected chi connectivity index (χ4v) is 4.59. The molecule has 0 bridgehead atoms. The van der Waals surface area contributed by atoms with Gasteiger partial charge in [-0.2, -0.15) is 28.1 Å². The van der Waals surface area contributed by atoms with Gasteiger partial charge in [0.05, 0.1) is 12.1 Å². The summed E-state index contributed by atoms with van der Waals surface area (Å²) in [6.45, 7) is -0.245. The van der Waals surface area contributed by atoms with Crippen LogP contribution < -0.4 is 43.2 Å². The van der Waals surface area contributed by atoms with Crippen LogP contribution in [-0.4, -0.2) is 85.0 Å². The third kappa shape index (κ3) is 10.4. The Morgan fingerprint density at radius 2 is 1.62 bits per heavy atom. The zero-order valence-corrected chi connectivity index (χ0v) is 27.0. The van der Waals surface area contributed by atoms with Crippen LogP contribution >= 0.6 is 11.6 Å². The maximum absolute atomic E-state index is 13.4. The largest absolute Gasteiger partial charge is 0.468 e. The van der Waals surface area contributed by atoms with E-state index in [2.05, 4.69) is 41.2 Å². The minimum absolute atomic E-state index is 0.132. The van der Waals surface area contributed by atoms with Crippen LogP contribution in [0.4, 0.5) is 30.8 Å². The fourth-order valence-electron chi connectivity index (χ4n) is 4.46. The van der Waals surface area contributed by atoms with Crippen molar-refractivity contribution in [1.82, 2.24) is 25.6 Å².